The van der Waals surface area contributed by atoms with Crippen molar-refractivity contribution >= 4 is 0 Å². The summed E-state index contributed by atoms with van der Waals surface area (Å²) in [6.45, 7) is 0.655. The van der Waals surface area contributed by atoms with Gasteiger partial charge in [0.2, 0.25) is 0 Å². The van der Waals surface area contributed by atoms with E-state index in [1.165, 1.54) is 0 Å². The molecule has 15 heavy (non-hydrogen) atoms. The zero-order valence-corrected chi connectivity index (χ0v) is 8.54. The molecule has 2 heterocycles. The molecule has 0 aliphatic carbocycles. The third kappa shape index (κ3) is 2.21. The molecule has 6 nitrogen and oxygen atoms in total. The smallest absolute Gasteiger partial charge is 0.158 e. The molecule has 0 fully saturated rings. The van der Waals surface area contributed by atoms with Gasteiger partial charge in [-0.15, -0.1) is 10.2 Å². The maximum absolute atomic E-state index is 8.97. The van der Waals surface area contributed by atoms with Crippen molar-refractivity contribution in [3.05, 3.63) is 30.1 Å². The summed E-state index contributed by atoms with van der Waals surface area (Å²) in [6.07, 6.45) is 4.34. The quantitative estimate of drug-likeness (QED) is 0.750. The monoisotopic (exact) mass is 207 g/mol. The minimum Gasteiger partial charge on any atom is -0.388 e. The molecule has 0 bridgehead atoms. The highest BCUT2D eigenvalue weighted by atomic mass is 16.3. The number of aryl methyl sites for hydroxylation is 3. The molecule has 0 spiro atoms. The standard InChI is InChI=1S/C9H13N5O/c1-13-4-2-8(12-13)3-5-14-7-10-11-9(14)6-15/h2,4,7,15H,3,5-6H2,1H3. The van der Waals surface area contributed by atoms with Crippen molar-refractivity contribution in [1.82, 2.24) is 24.5 Å². The molecule has 2 aromatic rings. The zero-order valence-electron chi connectivity index (χ0n) is 8.54. The lowest BCUT2D eigenvalue weighted by atomic mass is 10.3. The molecule has 2 rings (SSSR count). The predicted molar refractivity (Wildman–Crippen MR) is 52.9 cm³/mol. The molecule has 0 amide bonds. The minimum atomic E-state index is -0.0811. The molecule has 2 aromatic heterocycles. The maximum Gasteiger partial charge on any atom is 0.158 e. The van der Waals surface area contributed by atoms with E-state index in [4.69, 9.17) is 5.11 Å². The van der Waals surface area contributed by atoms with Crippen LogP contribution in [0.2, 0.25) is 0 Å². The van der Waals surface area contributed by atoms with Crippen molar-refractivity contribution in [3.8, 4) is 0 Å². The van der Waals surface area contributed by atoms with E-state index in [-0.39, 0.29) is 6.61 Å². The number of rotatable bonds is 4. The Bertz CT molecular complexity index is 433. The molecular weight excluding hydrogens is 194 g/mol. The van der Waals surface area contributed by atoms with Gasteiger partial charge in [-0.25, -0.2) is 0 Å². The van der Waals surface area contributed by atoms with Crippen LogP contribution in [0.25, 0.3) is 0 Å². The third-order valence-electron chi connectivity index (χ3n) is 2.21. The van der Waals surface area contributed by atoms with Crippen LogP contribution >= 0.6 is 0 Å². The first-order valence-electron chi connectivity index (χ1n) is 4.75. The van der Waals surface area contributed by atoms with Gasteiger partial charge in [-0.1, -0.05) is 0 Å². The summed E-state index contributed by atoms with van der Waals surface area (Å²) in [5, 5.41) is 20.8. The van der Waals surface area contributed by atoms with Crippen LogP contribution in [0.3, 0.4) is 0 Å². The molecule has 0 aliphatic rings. The van der Waals surface area contributed by atoms with Gasteiger partial charge in [-0.05, 0) is 6.07 Å². The Labute approximate surface area is 87.2 Å². The average Bonchev–Trinajstić information content (AvgIpc) is 2.83. The Balaban J connectivity index is 1.98. The second-order valence-corrected chi connectivity index (χ2v) is 3.33. The molecule has 0 saturated heterocycles. The number of nitrogens with zero attached hydrogens (tertiary/aromatic N) is 5. The Morgan fingerprint density at radius 1 is 1.47 bits per heavy atom. The highest BCUT2D eigenvalue weighted by Crippen LogP contribution is 2.00. The first-order chi connectivity index (χ1) is 7.29. The maximum atomic E-state index is 8.97. The zero-order chi connectivity index (χ0) is 10.7. The lowest BCUT2D eigenvalue weighted by Crippen LogP contribution is -2.06. The van der Waals surface area contributed by atoms with Crippen molar-refractivity contribution in [1.29, 1.82) is 0 Å². The van der Waals surface area contributed by atoms with Gasteiger partial charge < -0.3 is 9.67 Å². The number of hydrogen-bond donors (Lipinski definition) is 1. The van der Waals surface area contributed by atoms with E-state index >= 15 is 0 Å². The van der Waals surface area contributed by atoms with Crippen molar-refractivity contribution in [2.75, 3.05) is 0 Å². The van der Waals surface area contributed by atoms with Gasteiger partial charge in [-0.3, -0.25) is 4.68 Å². The van der Waals surface area contributed by atoms with E-state index in [1.54, 1.807) is 11.0 Å². The normalized spacial score (nSPS) is 10.8. The summed E-state index contributed by atoms with van der Waals surface area (Å²) in [6, 6.07) is 1.98. The number of hydrogen-bond acceptors (Lipinski definition) is 4. The summed E-state index contributed by atoms with van der Waals surface area (Å²) < 4.78 is 3.60. The van der Waals surface area contributed by atoms with Gasteiger partial charge in [0.1, 0.15) is 12.9 Å². The van der Waals surface area contributed by atoms with E-state index in [0.717, 1.165) is 18.7 Å². The third-order valence-corrected chi connectivity index (χ3v) is 2.21. The van der Waals surface area contributed by atoms with Gasteiger partial charge in [0.15, 0.2) is 5.82 Å². The second-order valence-electron chi connectivity index (χ2n) is 3.33. The largest absolute Gasteiger partial charge is 0.388 e. The highest BCUT2D eigenvalue weighted by molar-refractivity contribution is 4.99. The molecule has 0 saturated carbocycles. The molecule has 0 aliphatic heterocycles. The molecule has 80 valence electrons. The molecular formula is C9H13N5O. The van der Waals surface area contributed by atoms with Crippen LogP contribution in [0.4, 0.5) is 0 Å². The Hall–Kier alpha value is -1.69. The molecule has 0 unspecified atom stereocenters. The Morgan fingerprint density at radius 2 is 2.33 bits per heavy atom. The number of aliphatic hydroxyl groups excluding tert-OH is 1. The summed E-state index contributed by atoms with van der Waals surface area (Å²) in [7, 11) is 1.89. The molecule has 0 aromatic carbocycles. The fourth-order valence-electron chi connectivity index (χ4n) is 1.42. The fraction of sp³-hybridized carbons (Fsp3) is 0.444. The van der Waals surface area contributed by atoms with Crippen LogP contribution < -0.4 is 0 Å². The first kappa shape index (κ1) is 9.85. The van der Waals surface area contributed by atoms with Gasteiger partial charge in [0.25, 0.3) is 0 Å². The van der Waals surface area contributed by atoms with Crippen LogP contribution in [0.1, 0.15) is 11.5 Å². The SMILES string of the molecule is Cn1ccc(CCn2cnnc2CO)n1. The van der Waals surface area contributed by atoms with E-state index in [1.807, 2.05) is 23.9 Å². The topological polar surface area (TPSA) is 68.8 Å². The Morgan fingerprint density at radius 3 is 3.00 bits per heavy atom. The summed E-state index contributed by atoms with van der Waals surface area (Å²) >= 11 is 0. The van der Waals surface area contributed by atoms with Crippen LogP contribution in [-0.2, 0) is 26.6 Å². The molecule has 0 radical (unpaired) electrons. The first-order valence-corrected chi connectivity index (χ1v) is 4.75. The average molecular weight is 207 g/mol. The predicted octanol–water partition coefficient (Wildman–Crippen LogP) is -0.253. The van der Waals surface area contributed by atoms with E-state index in [0.29, 0.717) is 5.82 Å². The van der Waals surface area contributed by atoms with E-state index in [9.17, 15) is 0 Å². The summed E-state index contributed by atoms with van der Waals surface area (Å²) in [4.78, 5) is 0. The van der Waals surface area contributed by atoms with Crippen LogP contribution in [-0.4, -0.2) is 29.7 Å². The highest BCUT2D eigenvalue weighted by Gasteiger charge is 2.03. The fourth-order valence-corrected chi connectivity index (χ4v) is 1.42. The summed E-state index contributed by atoms with van der Waals surface area (Å²) in [5.41, 5.74) is 1.02. The van der Waals surface area contributed by atoms with Crippen molar-refractivity contribution in [3.63, 3.8) is 0 Å². The Kier molecular flexibility index (Phi) is 2.77. The van der Waals surface area contributed by atoms with E-state index in [2.05, 4.69) is 15.3 Å². The minimum absolute atomic E-state index is 0.0811. The molecule has 6 heteroatoms. The molecule has 0 atom stereocenters. The number of aliphatic hydroxyl groups is 1. The number of aromatic nitrogens is 5. The van der Waals surface area contributed by atoms with Gasteiger partial charge >= 0.3 is 0 Å². The van der Waals surface area contributed by atoms with Gasteiger partial charge in [-0.2, -0.15) is 5.10 Å². The van der Waals surface area contributed by atoms with Gasteiger partial charge in [0.05, 0.1) is 5.69 Å². The van der Waals surface area contributed by atoms with Crippen molar-refractivity contribution in [2.45, 2.75) is 19.6 Å². The van der Waals surface area contributed by atoms with Crippen LogP contribution in [0, 0.1) is 0 Å². The lowest BCUT2D eigenvalue weighted by Gasteiger charge is -2.02. The lowest BCUT2D eigenvalue weighted by molar-refractivity contribution is 0.264. The summed E-state index contributed by atoms with van der Waals surface area (Å²) in [5.74, 6) is 0.589. The van der Waals surface area contributed by atoms with Crippen LogP contribution in [0.5, 0.6) is 0 Å². The van der Waals surface area contributed by atoms with Crippen molar-refractivity contribution in [2.24, 2.45) is 7.05 Å². The van der Waals surface area contributed by atoms with Crippen molar-refractivity contribution < 1.29 is 5.11 Å². The second kappa shape index (κ2) is 4.22. The van der Waals surface area contributed by atoms with Crippen LogP contribution in [0.15, 0.2) is 18.6 Å². The van der Waals surface area contributed by atoms with E-state index < -0.39 is 0 Å². The van der Waals surface area contributed by atoms with Gasteiger partial charge in [0, 0.05) is 26.2 Å². The molecule has 1 N–H and O–H groups in total.